The summed E-state index contributed by atoms with van der Waals surface area (Å²) in [4.78, 5) is 0. The topological polar surface area (TPSA) is 52.3 Å². The largest absolute Gasteiger partial charge is 0.457 e. The van der Waals surface area contributed by atoms with Gasteiger partial charge in [0.1, 0.15) is 24.2 Å². The first-order chi connectivity index (χ1) is 9.90. The Hall–Kier alpha value is -2.95. The predicted molar refractivity (Wildman–Crippen MR) is 76.0 cm³/mol. The molecule has 0 bridgehead atoms. The maximum absolute atomic E-state index is 5.71. The highest BCUT2D eigenvalue weighted by Gasteiger charge is 1.96. The lowest BCUT2D eigenvalue weighted by Gasteiger charge is -2.05. The molecule has 20 heavy (non-hydrogen) atoms. The Morgan fingerprint density at radius 2 is 1.50 bits per heavy atom. The summed E-state index contributed by atoms with van der Waals surface area (Å²) < 4.78 is 7.25. The van der Waals surface area contributed by atoms with Gasteiger partial charge in [0.15, 0.2) is 0 Å². The van der Waals surface area contributed by atoms with E-state index in [1.165, 1.54) is 17.3 Å². The molecule has 98 valence electrons. The zero-order chi connectivity index (χ0) is 13.6. The molecule has 0 amide bonds. The molecule has 3 aromatic rings. The molecule has 2 aromatic carbocycles. The van der Waals surface area contributed by atoms with E-state index in [1.54, 1.807) is 6.21 Å². The fourth-order valence-electron chi connectivity index (χ4n) is 1.63. The van der Waals surface area contributed by atoms with Crippen molar-refractivity contribution in [2.75, 3.05) is 0 Å². The van der Waals surface area contributed by atoms with Crippen molar-refractivity contribution in [3.05, 3.63) is 72.8 Å². The van der Waals surface area contributed by atoms with Gasteiger partial charge < -0.3 is 4.74 Å². The second kappa shape index (κ2) is 5.79. The molecule has 1 aromatic heterocycles. The summed E-state index contributed by atoms with van der Waals surface area (Å²) in [7, 11) is 0. The Balaban J connectivity index is 1.68. The Labute approximate surface area is 116 Å². The number of hydrogen-bond acceptors (Lipinski definition) is 4. The van der Waals surface area contributed by atoms with E-state index in [0.29, 0.717) is 0 Å². The number of ether oxygens (including phenoxy) is 1. The molecule has 0 saturated carbocycles. The first-order valence-corrected chi connectivity index (χ1v) is 6.12. The van der Waals surface area contributed by atoms with Crippen LogP contribution in [0.5, 0.6) is 11.5 Å². The van der Waals surface area contributed by atoms with Crippen molar-refractivity contribution in [1.82, 2.24) is 14.9 Å². The molecule has 0 spiro atoms. The van der Waals surface area contributed by atoms with Gasteiger partial charge in [0, 0.05) is 0 Å². The van der Waals surface area contributed by atoms with Crippen LogP contribution in [0.3, 0.4) is 0 Å². The number of rotatable bonds is 4. The van der Waals surface area contributed by atoms with E-state index in [-0.39, 0.29) is 0 Å². The van der Waals surface area contributed by atoms with Crippen LogP contribution in [-0.2, 0) is 0 Å². The predicted octanol–water partition coefficient (Wildman–Crippen LogP) is 2.95. The minimum absolute atomic E-state index is 0.789. The van der Waals surface area contributed by atoms with Crippen molar-refractivity contribution in [3.8, 4) is 11.5 Å². The maximum Gasteiger partial charge on any atom is 0.141 e. The van der Waals surface area contributed by atoms with Crippen LogP contribution in [0.2, 0.25) is 0 Å². The van der Waals surface area contributed by atoms with Crippen molar-refractivity contribution < 1.29 is 4.74 Å². The Kier molecular flexibility index (Phi) is 3.51. The number of nitrogens with zero attached hydrogens (tertiary/aromatic N) is 4. The summed E-state index contributed by atoms with van der Waals surface area (Å²) >= 11 is 0. The van der Waals surface area contributed by atoms with E-state index in [2.05, 4.69) is 15.3 Å². The normalized spacial score (nSPS) is 10.8. The van der Waals surface area contributed by atoms with Gasteiger partial charge in [0.05, 0.1) is 6.21 Å². The van der Waals surface area contributed by atoms with Crippen LogP contribution in [0.1, 0.15) is 5.56 Å². The third-order valence-electron chi connectivity index (χ3n) is 2.61. The van der Waals surface area contributed by atoms with Crippen LogP contribution in [0.4, 0.5) is 0 Å². The summed E-state index contributed by atoms with van der Waals surface area (Å²) in [5.74, 6) is 1.61. The van der Waals surface area contributed by atoms with Crippen LogP contribution in [0, 0.1) is 0 Å². The quantitative estimate of drug-likeness (QED) is 0.681. The molecule has 1 heterocycles. The lowest BCUT2D eigenvalue weighted by atomic mass is 10.2. The van der Waals surface area contributed by atoms with E-state index in [4.69, 9.17) is 4.74 Å². The van der Waals surface area contributed by atoms with Gasteiger partial charge in [-0.3, -0.25) is 0 Å². The summed E-state index contributed by atoms with van der Waals surface area (Å²) in [5.41, 5.74) is 0.971. The van der Waals surface area contributed by atoms with Gasteiger partial charge in [-0.25, -0.2) is 4.68 Å². The molecule has 0 aliphatic heterocycles. The second-order valence-electron chi connectivity index (χ2n) is 4.07. The van der Waals surface area contributed by atoms with Gasteiger partial charge in [-0.2, -0.15) is 5.10 Å². The van der Waals surface area contributed by atoms with E-state index in [1.807, 2.05) is 54.6 Å². The molecule has 0 atom stereocenters. The molecule has 0 N–H and O–H groups in total. The SMILES string of the molecule is C(=Nn1cnnc1)c1ccc(Oc2ccccc2)cc1. The van der Waals surface area contributed by atoms with Gasteiger partial charge >= 0.3 is 0 Å². The molecule has 5 nitrogen and oxygen atoms in total. The lowest BCUT2D eigenvalue weighted by Crippen LogP contribution is -1.88. The van der Waals surface area contributed by atoms with Crippen molar-refractivity contribution in [2.24, 2.45) is 5.10 Å². The molecule has 5 heteroatoms. The molecular weight excluding hydrogens is 252 g/mol. The van der Waals surface area contributed by atoms with Gasteiger partial charge in [0.25, 0.3) is 0 Å². The number of para-hydroxylation sites is 1. The first kappa shape index (κ1) is 12.1. The fourth-order valence-corrected chi connectivity index (χ4v) is 1.63. The molecule has 0 saturated heterocycles. The average molecular weight is 264 g/mol. The van der Waals surface area contributed by atoms with Gasteiger partial charge in [-0.05, 0) is 42.0 Å². The standard InChI is InChI=1S/C15H12N4O/c1-2-4-14(5-3-1)20-15-8-6-13(7-9-15)10-18-19-11-16-17-12-19/h1-12H. The van der Waals surface area contributed by atoms with Crippen LogP contribution >= 0.6 is 0 Å². The van der Waals surface area contributed by atoms with Gasteiger partial charge in [-0.15, -0.1) is 10.2 Å². The van der Waals surface area contributed by atoms with E-state index >= 15 is 0 Å². The van der Waals surface area contributed by atoms with Crippen molar-refractivity contribution in [3.63, 3.8) is 0 Å². The molecule has 3 rings (SSSR count). The zero-order valence-electron chi connectivity index (χ0n) is 10.6. The maximum atomic E-state index is 5.71. The summed E-state index contributed by atoms with van der Waals surface area (Å²) in [6.07, 6.45) is 4.79. The Morgan fingerprint density at radius 3 is 2.20 bits per heavy atom. The van der Waals surface area contributed by atoms with Gasteiger partial charge in [-0.1, -0.05) is 18.2 Å². The molecule has 0 fully saturated rings. The molecule has 0 aliphatic rings. The summed E-state index contributed by atoms with van der Waals surface area (Å²) in [6.45, 7) is 0. The minimum atomic E-state index is 0.789. The van der Waals surface area contributed by atoms with Gasteiger partial charge in [0.2, 0.25) is 0 Å². The smallest absolute Gasteiger partial charge is 0.141 e. The van der Waals surface area contributed by atoms with Crippen molar-refractivity contribution >= 4 is 6.21 Å². The fraction of sp³-hybridized carbons (Fsp3) is 0. The van der Waals surface area contributed by atoms with Crippen molar-refractivity contribution in [1.29, 1.82) is 0 Å². The van der Waals surface area contributed by atoms with Crippen LogP contribution in [0.25, 0.3) is 0 Å². The molecule has 0 aliphatic carbocycles. The first-order valence-electron chi connectivity index (χ1n) is 6.12. The molecule has 0 radical (unpaired) electrons. The highest BCUT2D eigenvalue weighted by molar-refractivity contribution is 5.79. The number of aromatic nitrogens is 3. The second-order valence-corrected chi connectivity index (χ2v) is 4.07. The van der Waals surface area contributed by atoms with E-state index < -0.39 is 0 Å². The Morgan fingerprint density at radius 1 is 0.850 bits per heavy atom. The monoisotopic (exact) mass is 264 g/mol. The highest BCUT2D eigenvalue weighted by Crippen LogP contribution is 2.20. The third-order valence-corrected chi connectivity index (χ3v) is 2.61. The number of hydrogen-bond donors (Lipinski definition) is 0. The van der Waals surface area contributed by atoms with Crippen LogP contribution in [0.15, 0.2) is 72.4 Å². The molecule has 0 unspecified atom stereocenters. The zero-order valence-corrected chi connectivity index (χ0v) is 10.6. The number of benzene rings is 2. The van der Waals surface area contributed by atoms with E-state index in [0.717, 1.165) is 17.1 Å². The minimum Gasteiger partial charge on any atom is -0.457 e. The lowest BCUT2D eigenvalue weighted by molar-refractivity contribution is 0.482. The highest BCUT2D eigenvalue weighted by atomic mass is 16.5. The molecular formula is C15H12N4O. The van der Waals surface area contributed by atoms with Crippen molar-refractivity contribution in [2.45, 2.75) is 0 Å². The van der Waals surface area contributed by atoms with Crippen LogP contribution < -0.4 is 4.74 Å². The Bertz CT molecular complexity index is 676. The van der Waals surface area contributed by atoms with Crippen LogP contribution in [-0.4, -0.2) is 21.1 Å². The summed E-state index contributed by atoms with van der Waals surface area (Å²) in [6, 6.07) is 17.4. The average Bonchev–Trinajstić information content (AvgIpc) is 3.01. The summed E-state index contributed by atoms with van der Waals surface area (Å²) in [5, 5.41) is 11.5. The third kappa shape index (κ3) is 3.08. The van der Waals surface area contributed by atoms with E-state index in [9.17, 15) is 0 Å².